The fraction of sp³-hybridized carbons (Fsp3) is 0.333. The third kappa shape index (κ3) is 3.63. The molecule has 2 aromatic heterocycles. The van der Waals surface area contributed by atoms with E-state index in [9.17, 15) is 14.4 Å². The Hall–Kier alpha value is -1.83. The number of aromatic nitrogens is 2. The zero-order valence-corrected chi connectivity index (χ0v) is 16.5. The van der Waals surface area contributed by atoms with Gasteiger partial charge in [-0.2, -0.15) is 0 Å². The van der Waals surface area contributed by atoms with Crippen LogP contribution in [0.5, 0.6) is 0 Å². The average molecular weight is 424 g/mol. The van der Waals surface area contributed by atoms with Crippen molar-refractivity contribution in [3.63, 3.8) is 0 Å². The number of aromatic amines is 1. The Balaban J connectivity index is 1.51. The number of pyridine rings is 1. The van der Waals surface area contributed by atoms with E-state index in [1.807, 2.05) is 0 Å². The zero-order chi connectivity index (χ0) is 19.2. The van der Waals surface area contributed by atoms with Gasteiger partial charge in [-0.05, 0) is 49.6 Å². The number of fused-ring (bicyclic) bond motifs is 1. The van der Waals surface area contributed by atoms with E-state index in [2.05, 4.69) is 9.97 Å². The lowest BCUT2D eigenvalue weighted by atomic mass is 9.93. The molecule has 2 fully saturated rings. The van der Waals surface area contributed by atoms with Crippen molar-refractivity contribution < 1.29 is 14.4 Å². The van der Waals surface area contributed by atoms with Crippen molar-refractivity contribution in [3.8, 4) is 0 Å². The molecule has 0 radical (unpaired) electrons. The summed E-state index contributed by atoms with van der Waals surface area (Å²) >= 11 is 13.1. The number of amides is 2. The fourth-order valence-corrected chi connectivity index (χ4v) is 4.58. The van der Waals surface area contributed by atoms with E-state index in [1.54, 1.807) is 18.3 Å². The molecular formula is C18H15Cl2N3O3S. The lowest BCUT2D eigenvalue weighted by Crippen LogP contribution is -2.34. The number of rotatable bonds is 3. The third-order valence-corrected chi connectivity index (χ3v) is 6.60. The molecule has 140 valence electrons. The summed E-state index contributed by atoms with van der Waals surface area (Å²) in [5.74, 6) is -0.746. The van der Waals surface area contributed by atoms with Gasteiger partial charge in [0.1, 0.15) is 9.98 Å². The molecule has 2 amide bonds. The number of H-pyrrole nitrogens is 1. The molecule has 6 nitrogen and oxygen atoms in total. The molecule has 0 aromatic carbocycles. The minimum Gasteiger partial charge on any atom is -0.346 e. The summed E-state index contributed by atoms with van der Waals surface area (Å²) < 4.78 is -0.778. The van der Waals surface area contributed by atoms with Crippen LogP contribution in [0.25, 0.3) is 11.0 Å². The maximum atomic E-state index is 12.7. The first-order valence-electron chi connectivity index (χ1n) is 8.44. The van der Waals surface area contributed by atoms with Gasteiger partial charge in [0.05, 0.1) is 11.4 Å². The van der Waals surface area contributed by atoms with Crippen LogP contribution in [0.3, 0.4) is 0 Å². The summed E-state index contributed by atoms with van der Waals surface area (Å²) in [6, 6.07) is 3.50. The van der Waals surface area contributed by atoms with E-state index in [-0.39, 0.29) is 12.3 Å². The highest BCUT2D eigenvalue weighted by atomic mass is 35.5. The number of nitrogens with one attached hydrogen (secondary N) is 1. The van der Waals surface area contributed by atoms with Crippen LogP contribution in [0.1, 0.15) is 36.0 Å². The number of ketones is 1. The summed E-state index contributed by atoms with van der Waals surface area (Å²) in [7, 11) is 0. The van der Waals surface area contributed by atoms with Crippen LogP contribution in [-0.4, -0.2) is 42.7 Å². The van der Waals surface area contributed by atoms with Gasteiger partial charge >= 0.3 is 0 Å². The van der Waals surface area contributed by atoms with Crippen LogP contribution in [0.15, 0.2) is 35.0 Å². The zero-order valence-electron chi connectivity index (χ0n) is 14.1. The molecule has 0 unspecified atom stereocenters. The van der Waals surface area contributed by atoms with Gasteiger partial charge in [-0.25, -0.2) is 4.98 Å². The molecule has 3 heterocycles. The highest BCUT2D eigenvalue weighted by Crippen LogP contribution is 2.44. The number of hydrogen-bond donors (Lipinski definition) is 1. The number of Topliss-reactive ketones (excluding diaryl/α,β-unsaturated/α-hetero) is 1. The van der Waals surface area contributed by atoms with Gasteiger partial charge in [-0.1, -0.05) is 5.57 Å². The molecule has 0 spiro atoms. The third-order valence-electron chi connectivity index (χ3n) is 4.78. The number of alkyl halides is 2. The summed E-state index contributed by atoms with van der Waals surface area (Å²) in [4.78, 5) is 46.1. The lowest BCUT2D eigenvalue weighted by Gasteiger charge is -2.26. The smallest absolute Gasteiger partial charge is 0.293 e. The minimum absolute atomic E-state index is 0.298. The minimum atomic E-state index is -0.778. The topological polar surface area (TPSA) is 83.1 Å². The Bertz CT molecular complexity index is 987. The second-order valence-corrected chi connectivity index (χ2v) is 9.21. The van der Waals surface area contributed by atoms with Crippen LogP contribution in [0.2, 0.25) is 0 Å². The number of carbonyl (C=O) groups is 3. The van der Waals surface area contributed by atoms with E-state index in [1.165, 1.54) is 6.20 Å². The SMILES string of the molecule is O=C(CN1C(=O)SC(=C2CCC(Cl)(Cl)CC2)C1=O)c1cnc2[nH]ccc2c1. The summed E-state index contributed by atoms with van der Waals surface area (Å²) in [5, 5.41) is 0.366. The normalized spacial score (nSPS) is 20.0. The van der Waals surface area contributed by atoms with Crippen molar-refractivity contribution in [3.05, 3.63) is 40.6 Å². The Kier molecular flexibility index (Phi) is 4.78. The van der Waals surface area contributed by atoms with Crippen molar-refractivity contribution in [2.75, 3.05) is 6.54 Å². The van der Waals surface area contributed by atoms with E-state index in [0.29, 0.717) is 41.8 Å². The Morgan fingerprint density at radius 1 is 1.30 bits per heavy atom. The Morgan fingerprint density at radius 2 is 2.04 bits per heavy atom. The van der Waals surface area contributed by atoms with Gasteiger partial charge in [0.2, 0.25) is 0 Å². The van der Waals surface area contributed by atoms with Crippen LogP contribution >= 0.6 is 35.0 Å². The molecule has 27 heavy (non-hydrogen) atoms. The van der Waals surface area contributed by atoms with E-state index in [0.717, 1.165) is 27.6 Å². The second kappa shape index (κ2) is 6.96. The predicted molar refractivity (Wildman–Crippen MR) is 105 cm³/mol. The summed E-state index contributed by atoms with van der Waals surface area (Å²) in [6.07, 6.45) is 5.40. The second-order valence-electron chi connectivity index (χ2n) is 6.61. The largest absolute Gasteiger partial charge is 0.346 e. The molecule has 4 rings (SSSR count). The van der Waals surface area contributed by atoms with Gasteiger partial charge in [-0.15, -0.1) is 23.2 Å². The first-order valence-corrected chi connectivity index (χ1v) is 10.0. The van der Waals surface area contributed by atoms with Crippen LogP contribution in [-0.2, 0) is 4.79 Å². The fourth-order valence-electron chi connectivity index (χ4n) is 3.22. The van der Waals surface area contributed by atoms with Gasteiger partial charge in [0.15, 0.2) is 5.78 Å². The first-order chi connectivity index (χ1) is 12.8. The van der Waals surface area contributed by atoms with Gasteiger partial charge in [0.25, 0.3) is 11.1 Å². The molecule has 2 aromatic rings. The molecule has 1 saturated heterocycles. The molecule has 1 aliphatic heterocycles. The maximum Gasteiger partial charge on any atom is 0.293 e. The number of imide groups is 1. The standard InChI is InChI=1S/C18H15Cl2N3O3S/c19-18(20)4-1-10(2-5-18)14-16(25)23(17(26)27-14)9-13(24)12-7-11-3-6-21-15(11)22-8-12/h3,6-8H,1-2,4-5,9H2,(H,21,22). The highest BCUT2D eigenvalue weighted by molar-refractivity contribution is 8.18. The summed E-state index contributed by atoms with van der Waals surface area (Å²) in [6.45, 7) is -0.298. The average Bonchev–Trinajstić information content (AvgIpc) is 3.21. The number of halogens is 2. The van der Waals surface area contributed by atoms with Crippen LogP contribution in [0.4, 0.5) is 4.79 Å². The summed E-state index contributed by atoms with van der Waals surface area (Å²) in [5.41, 5.74) is 1.93. The molecule has 0 bridgehead atoms. The molecular weight excluding hydrogens is 409 g/mol. The molecule has 0 atom stereocenters. The number of allylic oxidation sites excluding steroid dienone is 1. The molecule has 9 heteroatoms. The van der Waals surface area contributed by atoms with E-state index < -0.39 is 15.5 Å². The van der Waals surface area contributed by atoms with Crippen molar-refractivity contribution in [1.82, 2.24) is 14.9 Å². The highest BCUT2D eigenvalue weighted by Gasteiger charge is 2.40. The van der Waals surface area contributed by atoms with Crippen LogP contribution in [0, 0.1) is 0 Å². The van der Waals surface area contributed by atoms with Crippen molar-refractivity contribution in [2.45, 2.75) is 30.0 Å². The van der Waals surface area contributed by atoms with Gasteiger partial charge in [0, 0.05) is 23.3 Å². The monoisotopic (exact) mass is 423 g/mol. The van der Waals surface area contributed by atoms with E-state index in [4.69, 9.17) is 23.2 Å². The molecule has 2 aliphatic rings. The molecule has 1 saturated carbocycles. The number of nitrogens with zero attached hydrogens (tertiary/aromatic N) is 2. The van der Waals surface area contributed by atoms with E-state index >= 15 is 0 Å². The van der Waals surface area contributed by atoms with Crippen molar-refractivity contribution >= 4 is 62.9 Å². The maximum absolute atomic E-state index is 12.7. The Labute approximate surface area is 169 Å². The number of thioether (sulfide) groups is 1. The number of hydrogen-bond acceptors (Lipinski definition) is 5. The number of carbonyl (C=O) groups excluding carboxylic acids is 3. The molecule has 1 aliphatic carbocycles. The predicted octanol–water partition coefficient (Wildman–Crippen LogP) is 4.44. The quantitative estimate of drug-likeness (QED) is 0.448. The molecule has 1 N–H and O–H groups in total. The van der Waals surface area contributed by atoms with Crippen LogP contribution < -0.4 is 0 Å². The lowest BCUT2D eigenvalue weighted by molar-refractivity contribution is -0.122. The van der Waals surface area contributed by atoms with Crippen molar-refractivity contribution in [1.29, 1.82) is 0 Å². The Morgan fingerprint density at radius 3 is 2.78 bits per heavy atom. The van der Waals surface area contributed by atoms with Crippen molar-refractivity contribution in [2.24, 2.45) is 0 Å². The van der Waals surface area contributed by atoms with Gasteiger partial charge < -0.3 is 4.98 Å². The first kappa shape index (κ1) is 18.5. The van der Waals surface area contributed by atoms with Gasteiger partial charge in [-0.3, -0.25) is 19.3 Å².